The summed E-state index contributed by atoms with van der Waals surface area (Å²) >= 11 is 6.04. The predicted molar refractivity (Wildman–Crippen MR) is 152 cm³/mol. The zero-order valence-electron chi connectivity index (χ0n) is 22.0. The fourth-order valence-corrected chi connectivity index (χ4v) is 5.46. The van der Waals surface area contributed by atoms with Crippen molar-refractivity contribution in [3.05, 3.63) is 100 Å². The highest BCUT2D eigenvalue weighted by Gasteiger charge is 2.34. The molecule has 4 rings (SSSR count). The number of aliphatic hydroxyl groups excluding tert-OH is 1. The first-order valence-corrected chi connectivity index (χ1v) is 13.6. The van der Waals surface area contributed by atoms with Crippen LogP contribution in [0.15, 0.2) is 72.8 Å². The molecule has 200 valence electrons. The maximum atomic E-state index is 13.3. The first-order valence-electron chi connectivity index (χ1n) is 13.2. The van der Waals surface area contributed by atoms with Gasteiger partial charge in [0, 0.05) is 29.4 Å². The number of carbonyl (C=O) groups is 2. The number of rotatable bonds is 9. The Bertz CT molecular complexity index is 1260. The van der Waals surface area contributed by atoms with Gasteiger partial charge in [0.25, 0.3) is 0 Å². The Morgan fingerprint density at radius 3 is 2.37 bits per heavy atom. The SMILES string of the molecule is CCc1ccccc1C1(C)CCN(C(=O)CNC(C(=O)Nc2ccc(Cl)cc2CO)c2ccccc2)CC1. The Morgan fingerprint density at radius 1 is 1.00 bits per heavy atom. The molecular weight excluding hydrogens is 498 g/mol. The van der Waals surface area contributed by atoms with Crippen molar-refractivity contribution in [2.75, 3.05) is 25.0 Å². The van der Waals surface area contributed by atoms with E-state index < -0.39 is 6.04 Å². The van der Waals surface area contributed by atoms with Gasteiger partial charge in [-0.05, 0) is 59.6 Å². The van der Waals surface area contributed by atoms with E-state index in [4.69, 9.17) is 11.6 Å². The molecule has 6 nitrogen and oxygen atoms in total. The van der Waals surface area contributed by atoms with E-state index in [1.54, 1.807) is 18.2 Å². The number of hydrogen-bond acceptors (Lipinski definition) is 4. The van der Waals surface area contributed by atoms with Crippen LogP contribution in [0.25, 0.3) is 0 Å². The molecule has 3 aromatic carbocycles. The van der Waals surface area contributed by atoms with Gasteiger partial charge >= 0.3 is 0 Å². The quantitative estimate of drug-likeness (QED) is 0.351. The van der Waals surface area contributed by atoms with Crippen molar-refractivity contribution in [3.8, 4) is 0 Å². The van der Waals surface area contributed by atoms with Crippen LogP contribution in [0.2, 0.25) is 5.02 Å². The Kier molecular flexibility index (Phi) is 9.21. The second kappa shape index (κ2) is 12.6. The number of nitrogens with one attached hydrogen (secondary N) is 2. The molecule has 0 aliphatic carbocycles. The van der Waals surface area contributed by atoms with Gasteiger partial charge < -0.3 is 15.3 Å². The molecule has 1 aliphatic rings. The van der Waals surface area contributed by atoms with E-state index in [9.17, 15) is 14.7 Å². The van der Waals surface area contributed by atoms with Crippen molar-refractivity contribution in [2.24, 2.45) is 0 Å². The van der Waals surface area contributed by atoms with Crippen molar-refractivity contribution in [1.82, 2.24) is 10.2 Å². The summed E-state index contributed by atoms with van der Waals surface area (Å²) in [6.07, 6.45) is 2.80. The van der Waals surface area contributed by atoms with Gasteiger partial charge in [-0.1, -0.05) is 80.0 Å². The number of carbonyl (C=O) groups excluding carboxylic acids is 2. The number of nitrogens with zero attached hydrogens (tertiary/aromatic N) is 1. The minimum Gasteiger partial charge on any atom is -0.392 e. The average Bonchev–Trinajstić information content (AvgIpc) is 2.95. The largest absolute Gasteiger partial charge is 0.392 e. The van der Waals surface area contributed by atoms with E-state index in [1.165, 1.54) is 11.1 Å². The van der Waals surface area contributed by atoms with Gasteiger partial charge in [0.15, 0.2) is 0 Å². The maximum absolute atomic E-state index is 13.3. The molecule has 1 fully saturated rings. The maximum Gasteiger partial charge on any atom is 0.246 e. The molecule has 1 atom stereocenters. The van der Waals surface area contributed by atoms with Gasteiger partial charge in [-0.25, -0.2) is 0 Å². The summed E-state index contributed by atoms with van der Waals surface area (Å²) in [4.78, 5) is 28.4. The van der Waals surface area contributed by atoms with E-state index in [2.05, 4.69) is 48.7 Å². The van der Waals surface area contributed by atoms with Crippen LogP contribution in [-0.4, -0.2) is 41.5 Å². The molecule has 0 radical (unpaired) electrons. The number of aliphatic hydroxyl groups is 1. The highest BCUT2D eigenvalue weighted by atomic mass is 35.5. The van der Waals surface area contributed by atoms with Crippen molar-refractivity contribution >= 4 is 29.1 Å². The molecule has 3 aromatic rings. The number of amides is 2. The van der Waals surface area contributed by atoms with Gasteiger partial charge in [-0.15, -0.1) is 0 Å². The summed E-state index contributed by atoms with van der Waals surface area (Å²) in [7, 11) is 0. The minimum atomic E-state index is -0.742. The number of aryl methyl sites for hydroxylation is 1. The summed E-state index contributed by atoms with van der Waals surface area (Å²) in [6, 6.07) is 22.1. The average molecular weight is 534 g/mol. The monoisotopic (exact) mass is 533 g/mol. The zero-order valence-corrected chi connectivity index (χ0v) is 22.8. The molecule has 0 saturated carbocycles. The molecule has 0 bridgehead atoms. The third kappa shape index (κ3) is 6.44. The number of anilines is 1. The smallest absolute Gasteiger partial charge is 0.246 e. The second-order valence-electron chi connectivity index (χ2n) is 10.1. The number of halogens is 1. The molecule has 1 unspecified atom stereocenters. The first kappa shape index (κ1) is 27.8. The van der Waals surface area contributed by atoms with Gasteiger partial charge in [-0.3, -0.25) is 14.9 Å². The lowest BCUT2D eigenvalue weighted by Crippen LogP contribution is -2.48. The van der Waals surface area contributed by atoms with Crippen LogP contribution < -0.4 is 10.6 Å². The summed E-state index contributed by atoms with van der Waals surface area (Å²) in [5, 5.41) is 16.2. The number of benzene rings is 3. The van der Waals surface area contributed by atoms with Gasteiger partial charge in [0.2, 0.25) is 11.8 Å². The van der Waals surface area contributed by atoms with Crippen LogP contribution >= 0.6 is 11.6 Å². The lowest BCUT2D eigenvalue weighted by Gasteiger charge is -2.41. The summed E-state index contributed by atoms with van der Waals surface area (Å²) in [5.74, 6) is -0.337. The Labute approximate surface area is 230 Å². The molecule has 38 heavy (non-hydrogen) atoms. The molecular formula is C31H36ClN3O3. The molecule has 1 heterocycles. The Morgan fingerprint density at radius 2 is 1.68 bits per heavy atom. The van der Waals surface area contributed by atoms with Gasteiger partial charge in [-0.2, -0.15) is 0 Å². The van der Waals surface area contributed by atoms with E-state index in [0.717, 1.165) is 24.8 Å². The van der Waals surface area contributed by atoms with Crippen LogP contribution in [0.5, 0.6) is 0 Å². The molecule has 7 heteroatoms. The van der Waals surface area contributed by atoms with Gasteiger partial charge in [0.1, 0.15) is 6.04 Å². The third-order valence-electron chi connectivity index (χ3n) is 7.62. The molecule has 1 saturated heterocycles. The fourth-order valence-electron chi connectivity index (χ4n) is 5.26. The molecule has 2 amide bonds. The van der Waals surface area contributed by atoms with Crippen molar-refractivity contribution in [3.63, 3.8) is 0 Å². The fraction of sp³-hybridized carbons (Fsp3) is 0.355. The van der Waals surface area contributed by atoms with E-state index in [-0.39, 0.29) is 30.4 Å². The lowest BCUT2D eigenvalue weighted by molar-refractivity contribution is -0.132. The van der Waals surface area contributed by atoms with Crippen LogP contribution in [0.3, 0.4) is 0 Å². The predicted octanol–water partition coefficient (Wildman–Crippen LogP) is 5.24. The van der Waals surface area contributed by atoms with Crippen molar-refractivity contribution in [2.45, 2.75) is 51.2 Å². The second-order valence-corrected chi connectivity index (χ2v) is 10.6. The summed E-state index contributed by atoms with van der Waals surface area (Å²) in [5.41, 5.74) is 4.57. The lowest BCUT2D eigenvalue weighted by atomic mass is 9.72. The Hall–Kier alpha value is -3.19. The number of hydrogen-bond donors (Lipinski definition) is 3. The third-order valence-corrected chi connectivity index (χ3v) is 7.85. The van der Waals surface area contributed by atoms with E-state index >= 15 is 0 Å². The Balaban J connectivity index is 1.42. The molecule has 1 aliphatic heterocycles. The topological polar surface area (TPSA) is 81.7 Å². The highest BCUT2D eigenvalue weighted by Crippen LogP contribution is 2.37. The number of piperidine rings is 1. The van der Waals surface area contributed by atoms with Gasteiger partial charge in [0.05, 0.1) is 13.2 Å². The van der Waals surface area contributed by atoms with E-state index in [0.29, 0.717) is 29.4 Å². The first-order chi connectivity index (χ1) is 18.3. The zero-order chi connectivity index (χ0) is 27.1. The molecule has 3 N–H and O–H groups in total. The standard InChI is InChI=1S/C31H36ClN3O3/c1-3-22-9-7-8-12-26(22)31(2)15-17-35(18-16-31)28(37)20-33-29(23-10-5-4-6-11-23)30(38)34-27-14-13-25(32)19-24(27)21-36/h4-14,19,29,33,36H,3,15-18,20-21H2,1-2H3,(H,34,38). The van der Waals surface area contributed by atoms with Crippen LogP contribution in [0.1, 0.15) is 55.0 Å². The molecule has 0 aromatic heterocycles. The van der Waals surface area contributed by atoms with Crippen molar-refractivity contribution < 1.29 is 14.7 Å². The van der Waals surface area contributed by atoms with Crippen LogP contribution in [-0.2, 0) is 28.0 Å². The van der Waals surface area contributed by atoms with Crippen LogP contribution in [0, 0.1) is 0 Å². The minimum absolute atomic E-state index is 0.0212. The number of likely N-dealkylation sites (tertiary alicyclic amines) is 1. The van der Waals surface area contributed by atoms with Crippen LogP contribution in [0.4, 0.5) is 5.69 Å². The summed E-state index contributed by atoms with van der Waals surface area (Å²) < 4.78 is 0. The van der Waals surface area contributed by atoms with E-state index in [1.807, 2.05) is 35.2 Å². The highest BCUT2D eigenvalue weighted by molar-refractivity contribution is 6.30. The molecule has 0 spiro atoms. The summed E-state index contributed by atoms with van der Waals surface area (Å²) in [6.45, 7) is 5.64. The van der Waals surface area contributed by atoms with Crippen molar-refractivity contribution in [1.29, 1.82) is 0 Å². The normalized spacial score (nSPS) is 15.6.